The van der Waals surface area contributed by atoms with E-state index in [1.165, 1.54) is 46.9 Å². The van der Waals surface area contributed by atoms with E-state index in [1.54, 1.807) is 0 Å². The van der Waals surface area contributed by atoms with Crippen molar-refractivity contribution in [1.82, 2.24) is 0 Å². The summed E-state index contributed by atoms with van der Waals surface area (Å²) < 4.78 is 11.1. The van der Waals surface area contributed by atoms with Crippen molar-refractivity contribution >= 4 is 40.0 Å². The number of carbonyl (C=O) groups is 1. The minimum atomic E-state index is -0.411. The van der Waals surface area contributed by atoms with Gasteiger partial charge in [0, 0.05) is 21.2 Å². The predicted molar refractivity (Wildman–Crippen MR) is 110 cm³/mol. The monoisotopic (exact) mass is 386 g/mol. The summed E-state index contributed by atoms with van der Waals surface area (Å²) in [7, 11) is 0. The number of hydrogen-bond donors (Lipinski definition) is 0. The lowest BCUT2D eigenvalue weighted by molar-refractivity contribution is -0.135. The molecule has 5 heteroatoms. The maximum absolute atomic E-state index is 11.1. The van der Waals surface area contributed by atoms with Crippen LogP contribution in [0.15, 0.2) is 58.4 Å². The largest absolute Gasteiger partial charge is 0.455 e. The van der Waals surface area contributed by atoms with Crippen molar-refractivity contribution in [3.05, 3.63) is 53.9 Å². The summed E-state index contributed by atoms with van der Waals surface area (Å²) in [5, 5.41) is 1.08. The van der Waals surface area contributed by atoms with Crippen LogP contribution in [-0.2, 0) is 16.0 Å². The van der Waals surface area contributed by atoms with Gasteiger partial charge in [0.2, 0.25) is 0 Å². The van der Waals surface area contributed by atoms with Crippen LogP contribution in [0, 0.1) is 0 Å². The maximum Gasteiger partial charge on any atom is 0.330 e. The second-order valence-corrected chi connectivity index (χ2v) is 8.13. The van der Waals surface area contributed by atoms with Gasteiger partial charge in [-0.15, -0.1) is 11.3 Å². The van der Waals surface area contributed by atoms with Gasteiger partial charge in [-0.05, 0) is 49.2 Å². The number of furan rings is 1. The van der Waals surface area contributed by atoms with E-state index in [9.17, 15) is 4.79 Å². The van der Waals surface area contributed by atoms with Gasteiger partial charge in [-0.1, -0.05) is 38.1 Å². The number of hydrogen-bond acceptors (Lipinski definition) is 5. The highest BCUT2D eigenvalue weighted by atomic mass is 32.2. The Bertz CT molecular complexity index is 892. The molecule has 3 rings (SSSR count). The molecule has 0 aliphatic carbocycles. The number of rotatable bonds is 9. The van der Waals surface area contributed by atoms with Crippen LogP contribution in [0.2, 0.25) is 0 Å². The lowest BCUT2D eigenvalue weighted by Gasteiger charge is -2.01. The number of ether oxygens (including phenoxy) is 1. The molecule has 0 amide bonds. The van der Waals surface area contributed by atoms with Gasteiger partial charge in [-0.3, -0.25) is 0 Å². The van der Waals surface area contributed by atoms with E-state index in [4.69, 9.17) is 9.15 Å². The van der Waals surface area contributed by atoms with E-state index in [2.05, 4.69) is 31.7 Å². The SMILES string of the molecule is C=CC(=O)OCSc1ccc2cc(-c3ccc(CCCCC)s3)oc2c1. The molecule has 1 aromatic carbocycles. The van der Waals surface area contributed by atoms with Crippen molar-refractivity contribution in [1.29, 1.82) is 0 Å². The van der Waals surface area contributed by atoms with Gasteiger partial charge in [0.15, 0.2) is 0 Å². The zero-order chi connectivity index (χ0) is 18.4. The van der Waals surface area contributed by atoms with Gasteiger partial charge in [-0.25, -0.2) is 4.79 Å². The standard InChI is InChI=1S/C21H22O3S2/c1-3-5-6-7-16-10-11-20(26-16)19-12-15-8-9-17(13-18(15)24-19)25-14-23-21(22)4-2/h4,8-13H,2-3,5-7,14H2,1H3. The first-order valence-corrected chi connectivity index (χ1v) is 10.5. The number of benzene rings is 1. The first-order chi connectivity index (χ1) is 12.7. The number of carbonyl (C=O) groups excluding carboxylic acids is 1. The third kappa shape index (κ3) is 4.80. The predicted octanol–water partition coefficient (Wildman–Crippen LogP) is 6.67. The van der Waals surface area contributed by atoms with Crippen LogP contribution in [0.5, 0.6) is 0 Å². The quantitative estimate of drug-likeness (QED) is 0.135. The van der Waals surface area contributed by atoms with E-state index in [0.717, 1.165) is 28.0 Å². The average Bonchev–Trinajstić information content (AvgIpc) is 3.28. The molecule has 0 fully saturated rings. The van der Waals surface area contributed by atoms with Gasteiger partial charge >= 0.3 is 5.97 Å². The number of unbranched alkanes of at least 4 members (excludes halogenated alkanes) is 2. The average molecular weight is 387 g/mol. The van der Waals surface area contributed by atoms with Crippen molar-refractivity contribution in [2.24, 2.45) is 0 Å². The molecule has 0 aliphatic rings. The van der Waals surface area contributed by atoms with Crippen LogP contribution < -0.4 is 0 Å². The van der Waals surface area contributed by atoms with E-state index >= 15 is 0 Å². The fourth-order valence-electron chi connectivity index (χ4n) is 2.63. The second-order valence-electron chi connectivity index (χ2n) is 5.96. The van der Waals surface area contributed by atoms with E-state index < -0.39 is 5.97 Å². The molecule has 0 radical (unpaired) electrons. The number of thiophene rings is 1. The Balaban J connectivity index is 1.69. The lowest BCUT2D eigenvalue weighted by Crippen LogP contribution is -1.98. The minimum absolute atomic E-state index is 0.260. The molecule has 136 valence electrons. The van der Waals surface area contributed by atoms with Crippen molar-refractivity contribution in [2.75, 3.05) is 5.94 Å². The summed E-state index contributed by atoms with van der Waals surface area (Å²) >= 11 is 3.26. The van der Waals surface area contributed by atoms with Gasteiger partial charge in [0.25, 0.3) is 0 Å². The van der Waals surface area contributed by atoms with Gasteiger partial charge in [-0.2, -0.15) is 0 Å². The fourth-order valence-corrected chi connectivity index (χ4v) is 4.30. The van der Waals surface area contributed by atoms with Crippen LogP contribution in [0.25, 0.3) is 21.6 Å². The van der Waals surface area contributed by atoms with E-state index in [-0.39, 0.29) is 5.94 Å². The highest BCUT2D eigenvalue weighted by Gasteiger charge is 2.10. The number of esters is 1. The smallest absolute Gasteiger partial charge is 0.330 e. The molecule has 0 unspecified atom stereocenters. The third-order valence-corrected chi connectivity index (χ3v) is 6.00. The zero-order valence-corrected chi connectivity index (χ0v) is 16.5. The van der Waals surface area contributed by atoms with Crippen LogP contribution in [0.4, 0.5) is 0 Å². The molecule has 2 aromatic heterocycles. The summed E-state index contributed by atoms with van der Waals surface area (Å²) in [6.07, 6.45) is 6.08. The highest BCUT2D eigenvalue weighted by molar-refractivity contribution is 7.99. The molecule has 0 atom stereocenters. The van der Waals surface area contributed by atoms with Crippen molar-refractivity contribution < 1.29 is 13.9 Å². The van der Waals surface area contributed by atoms with Crippen molar-refractivity contribution in [2.45, 2.75) is 37.5 Å². The van der Waals surface area contributed by atoms with Crippen molar-refractivity contribution in [3.63, 3.8) is 0 Å². The first kappa shape index (κ1) is 18.8. The Kier molecular flexibility index (Phi) is 6.58. The molecule has 0 N–H and O–H groups in total. The zero-order valence-electron chi connectivity index (χ0n) is 14.8. The molecule has 0 saturated heterocycles. The lowest BCUT2D eigenvalue weighted by atomic mass is 10.2. The first-order valence-electron chi connectivity index (χ1n) is 8.74. The molecular formula is C21H22O3S2. The molecule has 26 heavy (non-hydrogen) atoms. The third-order valence-electron chi connectivity index (χ3n) is 4.02. The van der Waals surface area contributed by atoms with Crippen LogP contribution in [-0.4, -0.2) is 11.9 Å². The van der Waals surface area contributed by atoms with Crippen LogP contribution in [0.3, 0.4) is 0 Å². The minimum Gasteiger partial charge on any atom is -0.455 e. The molecular weight excluding hydrogens is 364 g/mol. The Morgan fingerprint density at radius 2 is 2.15 bits per heavy atom. The Morgan fingerprint density at radius 3 is 2.96 bits per heavy atom. The van der Waals surface area contributed by atoms with Gasteiger partial charge in [0.1, 0.15) is 17.3 Å². The molecule has 2 heterocycles. The number of aryl methyl sites for hydroxylation is 1. The second kappa shape index (κ2) is 9.10. The summed E-state index contributed by atoms with van der Waals surface area (Å²) in [5.74, 6) is 0.758. The van der Waals surface area contributed by atoms with E-state index in [0.29, 0.717) is 0 Å². The maximum atomic E-state index is 11.1. The summed E-state index contributed by atoms with van der Waals surface area (Å²) in [5.41, 5.74) is 0.848. The van der Waals surface area contributed by atoms with E-state index in [1.807, 2.05) is 29.5 Å². The Labute approximate surface area is 162 Å². The molecule has 0 spiro atoms. The van der Waals surface area contributed by atoms with Crippen LogP contribution in [0.1, 0.15) is 31.1 Å². The Hall–Kier alpha value is -1.98. The number of thioether (sulfide) groups is 1. The molecule has 0 bridgehead atoms. The molecule has 3 aromatic rings. The normalized spacial score (nSPS) is 11.0. The molecule has 3 nitrogen and oxygen atoms in total. The molecule has 0 saturated carbocycles. The summed E-state index contributed by atoms with van der Waals surface area (Å²) in [6, 6.07) is 12.5. The topological polar surface area (TPSA) is 39.4 Å². The Morgan fingerprint density at radius 1 is 1.27 bits per heavy atom. The number of fused-ring (bicyclic) bond motifs is 1. The van der Waals surface area contributed by atoms with Crippen molar-refractivity contribution in [3.8, 4) is 10.6 Å². The summed E-state index contributed by atoms with van der Waals surface area (Å²) in [6.45, 7) is 5.61. The van der Waals surface area contributed by atoms with Gasteiger partial charge < -0.3 is 9.15 Å². The molecule has 0 aliphatic heterocycles. The van der Waals surface area contributed by atoms with Crippen LogP contribution >= 0.6 is 23.1 Å². The fraction of sp³-hybridized carbons (Fsp3) is 0.286. The van der Waals surface area contributed by atoms with Gasteiger partial charge in [0.05, 0.1) is 4.88 Å². The highest BCUT2D eigenvalue weighted by Crippen LogP contribution is 2.34. The summed E-state index contributed by atoms with van der Waals surface area (Å²) in [4.78, 5) is 14.7.